The highest BCUT2D eigenvalue weighted by Crippen LogP contribution is 2.10. The standard InChI is InChI=1S/C17H21N3O3S/c21-15(18-11-12-5-4-10-23-12)8-3-9-20-16(22)13-6-1-2-7-14(13)19-17(20)24/h1-2,6-7,12H,3-5,8-11H2,(H,18,21)(H,19,24). The van der Waals surface area contributed by atoms with Gasteiger partial charge in [-0.3, -0.25) is 14.2 Å². The highest BCUT2D eigenvalue weighted by molar-refractivity contribution is 7.71. The molecular weight excluding hydrogens is 326 g/mol. The summed E-state index contributed by atoms with van der Waals surface area (Å²) in [5.74, 6) is -0.0192. The van der Waals surface area contributed by atoms with Gasteiger partial charge < -0.3 is 15.0 Å². The molecule has 1 atom stereocenters. The SMILES string of the molecule is O=C(CCCn1c(=S)[nH]c2ccccc2c1=O)NCC1CCCO1. The highest BCUT2D eigenvalue weighted by Gasteiger charge is 2.16. The van der Waals surface area contributed by atoms with Gasteiger partial charge in [-0.25, -0.2) is 0 Å². The smallest absolute Gasteiger partial charge is 0.262 e. The number of nitrogens with one attached hydrogen (secondary N) is 2. The van der Waals surface area contributed by atoms with Crippen molar-refractivity contribution in [3.8, 4) is 0 Å². The second-order valence-corrected chi connectivity index (χ2v) is 6.36. The van der Waals surface area contributed by atoms with Gasteiger partial charge in [-0.1, -0.05) is 12.1 Å². The number of aromatic nitrogens is 2. The van der Waals surface area contributed by atoms with Gasteiger partial charge in [-0.05, 0) is 43.6 Å². The van der Waals surface area contributed by atoms with E-state index in [0.717, 1.165) is 25.0 Å². The lowest BCUT2D eigenvalue weighted by Crippen LogP contribution is -2.32. The van der Waals surface area contributed by atoms with Crippen LogP contribution in [0.2, 0.25) is 0 Å². The first kappa shape index (κ1) is 16.9. The number of nitrogens with zero attached hydrogens (tertiary/aromatic N) is 1. The molecule has 0 spiro atoms. The summed E-state index contributed by atoms with van der Waals surface area (Å²) in [6.45, 7) is 1.77. The Hall–Kier alpha value is -1.99. The largest absolute Gasteiger partial charge is 0.376 e. The Bertz CT molecular complexity index is 837. The molecule has 3 rings (SSSR count). The number of carbonyl (C=O) groups is 1. The summed E-state index contributed by atoms with van der Waals surface area (Å²) in [5, 5.41) is 3.49. The molecule has 2 heterocycles. The van der Waals surface area contributed by atoms with E-state index in [1.165, 1.54) is 4.57 Å². The molecular formula is C17H21N3O3S. The van der Waals surface area contributed by atoms with Crippen LogP contribution in [0.1, 0.15) is 25.7 Å². The van der Waals surface area contributed by atoms with Crippen LogP contribution < -0.4 is 10.9 Å². The van der Waals surface area contributed by atoms with Crippen molar-refractivity contribution in [3.05, 3.63) is 39.4 Å². The summed E-state index contributed by atoms with van der Waals surface area (Å²) in [7, 11) is 0. The van der Waals surface area contributed by atoms with Crippen molar-refractivity contribution in [2.45, 2.75) is 38.3 Å². The number of H-pyrrole nitrogens is 1. The van der Waals surface area contributed by atoms with Crippen LogP contribution in [0, 0.1) is 4.77 Å². The molecule has 0 saturated carbocycles. The minimum Gasteiger partial charge on any atom is -0.376 e. The number of hydrogen-bond donors (Lipinski definition) is 2. The van der Waals surface area contributed by atoms with Gasteiger partial charge in [0.1, 0.15) is 0 Å². The molecule has 0 aliphatic carbocycles. The van der Waals surface area contributed by atoms with Crippen LogP contribution in [0.4, 0.5) is 0 Å². The fraction of sp³-hybridized carbons (Fsp3) is 0.471. The molecule has 1 aromatic heterocycles. The Morgan fingerprint density at radius 1 is 1.42 bits per heavy atom. The van der Waals surface area contributed by atoms with E-state index < -0.39 is 0 Å². The van der Waals surface area contributed by atoms with Crippen LogP contribution >= 0.6 is 12.2 Å². The number of amides is 1. The molecule has 1 amide bonds. The van der Waals surface area contributed by atoms with Crippen molar-refractivity contribution in [1.82, 2.24) is 14.9 Å². The molecule has 1 saturated heterocycles. The van der Waals surface area contributed by atoms with Gasteiger partial charge >= 0.3 is 0 Å². The molecule has 1 aliphatic rings. The minimum atomic E-state index is -0.117. The highest BCUT2D eigenvalue weighted by atomic mass is 32.1. The van der Waals surface area contributed by atoms with E-state index >= 15 is 0 Å². The number of hydrogen-bond acceptors (Lipinski definition) is 4. The molecule has 24 heavy (non-hydrogen) atoms. The molecule has 1 unspecified atom stereocenters. The third-order valence-corrected chi connectivity index (χ3v) is 4.55. The fourth-order valence-electron chi connectivity index (χ4n) is 2.92. The quantitative estimate of drug-likeness (QED) is 0.785. The van der Waals surface area contributed by atoms with Crippen LogP contribution in [0.25, 0.3) is 10.9 Å². The van der Waals surface area contributed by atoms with Crippen LogP contribution in [0.15, 0.2) is 29.1 Å². The zero-order valence-electron chi connectivity index (χ0n) is 13.4. The summed E-state index contributed by atoms with van der Waals surface area (Å²) >= 11 is 5.26. The van der Waals surface area contributed by atoms with Crippen molar-refractivity contribution in [2.75, 3.05) is 13.2 Å². The number of benzene rings is 1. The maximum absolute atomic E-state index is 12.5. The molecule has 6 nitrogen and oxygen atoms in total. The number of fused-ring (bicyclic) bond motifs is 1. The Morgan fingerprint density at radius 3 is 3.04 bits per heavy atom. The predicted octanol–water partition coefficient (Wildman–Crippen LogP) is 2.13. The van der Waals surface area contributed by atoms with E-state index in [2.05, 4.69) is 10.3 Å². The summed E-state index contributed by atoms with van der Waals surface area (Å²) in [5.41, 5.74) is 0.618. The molecule has 1 fully saturated rings. The van der Waals surface area contributed by atoms with Gasteiger partial charge in [0, 0.05) is 26.1 Å². The summed E-state index contributed by atoms with van der Waals surface area (Å²) in [6, 6.07) is 7.28. The van der Waals surface area contributed by atoms with E-state index in [1.54, 1.807) is 6.07 Å². The Morgan fingerprint density at radius 2 is 2.25 bits per heavy atom. The number of aromatic amines is 1. The molecule has 0 radical (unpaired) electrons. The molecule has 0 bridgehead atoms. The minimum absolute atomic E-state index is 0.0192. The van der Waals surface area contributed by atoms with Gasteiger partial charge in [0.2, 0.25) is 5.91 Å². The first-order valence-corrected chi connectivity index (χ1v) is 8.66. The van der Waals surface area contributed by atoms with Crippen molar-refractivity contribution in [1.29, 1.82) is 0 Å². The summed E-state index contributed by atoms with van der Waals surface area (Å²) in [4.78, 5) is 27.4. The Balaban J connectivity index is 1.56. The summed E-state index contributed by atoms with van der Waals surface area (Å²) < 4.78 is 7.38. The van der Waals surface area contributed by atoms with Gasteiger partial charge in [-0.15, -0.1) is 0 Å². The maximum atomic E-state index is 12.5. The Labute approximate surface area is 144 Å². The third kappa shape index (κ3) is 3.91. The van der Waals surface area contributed by atoms with Crippen LogP contribution in [0.5, 0.6) is 0 Å². The normalized spacial score (nSPS) is 17.2. The number of ether oxygens (including phenoxy) is 1. The van der Waals surface area contributed by atoms with Crippen molar-refractivity contribution in [2.24, 2.45) is 0 Å². The van der Waals surface area contributed by atoms with Crippen molar-refractivity contribution in [3.63, 3.8) is 0 Å². The summed E-state index contributed by atoms with van der Waals surface area (Å²) in [6.07, 6.45) is 3.13. The number of carbonyl (C=O) groups excluding carboxylic acids is 1. The first-order valence-electron chi connectivity index (χ1n) is 8.25. The Kier molecular flexibility index (Phi) is 5.42. The lowest BCUT2D eigenvalue weighted by Gasteiger charge is -2.11. The second-order valence-electron chi connectivity index (χ2n) is 5.98. The zero-order valence-corrected chi connectivity index (χ0v) is 14.2. The lowest BCUT2D eigenvalue weighted by molar-refractivity contribution is -0.121. The molecule has 128 valence electrons. The van der Waals surface area contributed by atoms with Gasteiger partial charge in [-0.2, -0.15) is 0 Å². The van der Waals surface area contributed by atoms with Crippen molar-refractivity contribution >= 4 is 29.0 Å². The average molecular weight is 347 g/mol. The third-order valence-electron chi connectivity index (χ3n) is 4.23. The molecule has 2 N–H and O–H groups in total. The lowest BCUT2D eigenvalue weighted by atomic mass is 10.2. The van der Waals surface area contributed by atoms with Crippen LogP contribution in [-0.2, 0) is 16.1 Å². The van der Waals surface area contributed by atoms with Gasteiger partial charge in [0.15, 0.2) is 4.77 Å². The van der Waals surface area contributed by atoms with E-state index in [4.69, 9.17) is 17.0 Å². The van der Waals surface area contributed by atoms with Gasteiger partial charge in [0.05, 0.1) is 17.0 Å². The average Bonchev–Trinajstić information content (AvgIpc) is 3.09. The zero-order chi connectivity index (χ0) is 16.9. The monoisotopic (exact) mass is 347 g/mol. The predicted molar refractivity (Wildman–Crippen MR) is 94.6 cm³/mol. The fourth-order valence-corrected chi connectivity index (χ4v) is 3.21. The van der Waals surface area contributed by atoms with E-state index in [0.29, 0.717) is 36.1 Å². The maximum Gasteiger partial charge on any atom is 0.262 e. The number of rotatable bonds is 6. The topological polar surface area (TPSA) is 76.1 Å². The number of para-hydroxylation sites is 1. The van der Waals surface area contributed by atoms with Crippen molar-refractivity contribution < 1.29 is 9.53 Å². The first-order chi connectivity index (χ1) is 11.6. The second kappa shape index (κ2) is 7.72. The van der Waals surface area contributed by atoms with E-state index in [-0.39, 0.29) is 17.6 Å². The molecule has 1 aromatic carbocycles. The molecule has 2 aromatic rings. The molecule has 1 aliphatic heterocycles. The van der Waals surface area contributed by atoms with E-state index in [9.17, 15) is 9.59 Å². The van der Waals surface area contributed by atoms with Gasteiger partial charge in [0.25, 0.3) is 5.56 Å². The molecule has 7 heteroatoms. The van der Waals surface area contributed by atoms with Crippen LogP contribution in [0.3, 0.4) is 0 Å². The van der Waals surface area contributed by atoms with Crippen LogP contribution in [-0.4, -0.2) is 34.7 Å². The van der Waals surface area contributed by atoms with E-state index in [1.807, 2.05) is 18.2 Å².